The number of likely N-dealkylation sites (tertiary alicyclic amines) is 1. The van der Waals surface area contributed by atoms with E-state index < -0.39 is 0 Å². The van der Waals surface area contributed by atoms with Crippen LogP contribution in [0.4, 0.5) is 5.82 Å². The number of carbonyl (C=O) groups is 1. The van der Waals surface area contributed by atoms with E-state index in [9.17, 15) is 4.79 Å². The number of carbonyl (C=O) groups excluding carboxylic acids is 1. The first-order valence-electron chi connectivity index (χ1n) is 9.80. The molecule has 1 aromatic carbocycles. The number of anilines is 1. The molecule has 3 heterocycles. The largest absolute Gasteiger partial charge is 0.356 e. The standard InChI is InChI=1S/C22H27N3OS/c1-3-7-21(26)25-14-17-13-24(20-11-10-18(27-2)12-23-20)15-19(17)22(25)16-8-5-4-6-9-16/h4-6,8-12,17,19,22H,3,7,13-15H2,1-2H3/t17-,19-,22+/m0/s1. The van der Waals surface area contributed by atoms with E-state index in [0.29, 0.717) is 24.2 Å². The summed E-state index contributed by atoms with van der Waals surface area (Å²) in [6.07, 6.45) is 5.58. The molecule has 0 saturated carbocycles. The zero-order valence-corrected chi connectivity index (χ0v) is 16.9. The van der Waals surface area contributed by atoms with Gasteiger partial charge in [0.25, 0.3) is 0 Å². The van der Waals surface area contributed by atoms with E-state index in [-0.39, 0.29) is 6.04 Å². The fraction of sp³-hybridized carbons (Fsp3) is 0.455. The van der Waals surface area contributed by atoms with Crippen LogP contribution in [-0.2, 0) is 4.79 Å². The molecule has 1 amide bonds. The second-order valence-electron chi connectivity index (χ2n) is 7.54. The molecule has 0 aliphatic carbocycles. The topological polar surface area (TPSA) is 36.4 Å². The summed E-state index contributed by atoms with van der Waals surface area (Å²) in [4.78, 5) is 23.2. The van der Waals surface area contributed by atoms with Gasteiger partial charge in [-0.25, -0.2) is 4.98 Å². The Kier molecular flexibility index (Phi) is 5.39. The molecule has 4 rings (SSSR count). The van der Waals surface area contributed by atoms with E-state index in [1.54, 1.807) is 11.8 Å². The van der Waals surface area contributed by atoms with Crippen molar-refractivity contribution in [3.63, 3.8) is 0 Å². The molecular formula is C22H27N3OS. The number of benzene rings is 1. The van der Waals surface area contributed by atoms with Crippen LogP contribution in [-0.4, -0.2) is 41.7 Å². The van der Waals surface area contributed by atoms with Gasteiger partial charge in [0.15, 0.2) is 0 Å². The zero-order chi connectivity index (χ0) is 18.8. The number of fused-ring (bicyclic) bond motifs is 1. The second-order valence-corrected chi connectivity index (χ2v) is 8.42. The van der Waals surface area contributed by atoms with Gasteiger partial charge in [-0.2, -0.15) is 0 Å². The average Bonchev–Trinajstić information content (AvgIpc) is 3.27. The Balaban J connectivity index is 1.58. The summed E-state index contributed by atoms with van der Waals surface area (Å²) in [6.45, 7) is 4.89. The van der Waals surface area contributed by atoms with Crippen LogP contribution in [0.5, 0.6) is 0 Å². The van der Waals surface area contributed by atoms with E-state index in [0.717, 1.165) is 31.9 Å². The third kappa shape index (κ3) is 3.57. The van der Waals surface area contributed by atoms with Gasteiger partial charge >= 0.3 is 0 Å². The van der Waals surface area contributed by atoms with Crippen molar-refractivity contribution in [2.45, 2.75) is 30.7 Å². The maximum absolute atomic E-state index is 12.8. The number of rotatable bonds is 5. The molecule has 2 aliphatic rings. The maximum atomic E-state index is 12.8. The fourth-order valence-corrected chi connectivity index (χ4v) is 4.97. The van der Waals surface area contributed by atoms with Crippen molar-refractivity contribution in [1.29, 1.82) is 0 Å². The predicted octanol–water partition coefficient (Wildman–Crippen LogP) is 4.24. The normalized spacial score (nSPS) is 24.3. The highest BCUT2D eigenvalue weighted by molar-refractivity contribution is 7.98. The lowest BCUT2D eigenvalue weighted by Gasteiger charge is -2.30. The number of thioether (sulfide) groups is 1. The summed E-state index contributed by atoms with van der Waals surface area (Å²) in [5, 5.41) is 0. The minimum atomic E-state index is 0.186. The van der Waals surface area contributed by atoms with Crippen LogP contribution in [0, 0.1) is 11.8 Å². The van der Waals surface area contributed by atoms with Crippen LogP contribution < -0.4 is 4.90 Å². The smallest absolute Gasteiger partial charge is 0.223 e. The third-order valence-electron chi connectivity index (χ3n) is 5.87. The predicted molar refractivity (Wildman–Crippen MR) is 111 cm³/mol. The second kappa shape index (κ2) is 7.93. The number of pyridine rings is 1. The molecule has 0 unspecified atom stereocenters. The lowest BCUT2D eigenvalue weighted by molar-refractivity contribution is -0.132. The average molecular weight is 382 g/mol. The van der Waals surface area contributed by atoms with Crippen LogP contribution in [0.3, 0.4) is 0 Å². The summed E-state index contributed by atoms with van der Waals surface area (Å²) in [5.74, 6) is 2.34. The first-order valence-corrected chi connectivity index (χ1v) is 11.0. The summed E-state index contributed by atoms with van der Waals surface area (Å²) in [5.41, 5.74) is 1.27. The molecule has 0 spiro atoms. The van der Waals surface area contributed by atoms with E-state index >= 15 is 0 Å². The summed E-state index contributed by atoms with van der Waals surface area (Å²) >= 11 is 1.72. The number of hydrogen-bond donors (Lipinski definition) is 0. The Morgan fingerprint density at radius 2 is 1.96 bits per heavy atom. The van der Waals surface area contributed by atoms with Gasteiger partial charge in [-0.15, -0.1) is 11.8 Å². The SMILES string of the molecule is CCCC(=O)N1C[C@@H]2CN(c3ccc(SC)cn3)C[C@@H]2[C@H]1c1ccccc1. The van der Waals surface area contributed by atoms with Crippen molar-refractivity contribution >= 4 is 23.5 Å². The summed E-state index contributed by atoms with van der Waals surface area (Å²) < 4.78 is 0. The molecule has 0 bridgehead atoms. The van der Waals surface area contributed by atoms with Crippen LogP contribution in [0.15, 0.2) is 53.6 Å². The molecule has 27 heavy (non-hydrogen) atoms. The molecule has 5 heteroatoms. The first kappa shape index (κ1) is 18.4. The lowest BCUT2D eigenvalue weighted by Crippen LogP contribution is -2.35. The highest BCUT2D eigenvalue weighted by atomic mass is 32.2. The molecule has 2 saturated heterocycles. The highest BCUT2D eigenvalue weighted by Gasteiger charge is 2.49. The van der Waals surface area contributed by atoms with E-state index in [4.69, 9.17) is 0 Å². The highest BCUT2D eigenvalue weighted by Crippen LogP contribution is 2.46. The number of hydrogen-bond acceptors (Lipinski definition) is 4. The fourth-order valence-electron chi connectivity index (χ4n) is 4.60. The molecular weight excluding hydrogens is 354 g/mol. The number of aromatic nitrogens is 1. The van der Waals surface area contributed by atoms with Crippen molar-refractivity contribution in [3.8, 4) is 0 Å². The minimum Gasteiger partial charge on any atom is -0.356 e. The molecule has 0 N–H and O–H groups in total. The van der Waals surface area contributed by atoms with Gasteiger partial charge < -0.3 is 9.80 Å². The van der Waals surface area contributed by atoms with Gasteiger partial charge in [0.05, 0.1) is 6.04 Å². The van der Waals surface area contributed by atoms with Crippen LogP contribution in [0.1, 0.15) is 31.4 Å². The van der Waals surface area contributed by atoms with E-state index in [1.807, 2.05) is 12.3 Å². The first-order chi connectivity index (χ1) is 13.2. The van der Waals surface area contributed by atoms with Gasteiger partial charge in [-0.1, -0.05) is 37.3 Å². The summed E-state index contributed by atoms with van der Waals surface area (Å²) in [7, 11) is 0. The molecule has 4 nitrogen and oxygen atoms in total. The van der Waals surface area contributed by atoms with Crippen molar-refractivity contribution in [3.05, 3.63) is 54.2 Å². The van der Waals surface area contributed by atoms with Gasteiger partial charge in [-0.3, -0.25) is 4.79 Å². The number of amides is 1. The van der Waals surface area contributed by atoms with Crippen molar-refractivity contribution in [2.75, 3.05) is 30.8 Å². The third-order valence-corrected chi connectivity index (χ3v) is 6.58. The molecule has 2 fully saturated rings. The Labute approximate surface area is 166 Å². The Bertz CT molecular complexity index is 780. The van der Waals surface area contributed by atoms with E-state index in [2.05, 4.69) is 64.4 Å². The van der Waals surface area contributed by atoms with Gasteiger partial charge in [0.2, 0.25) is 5.91 Å². The Morgan fingerprint density at radius 3 is 2.63 bits per heavy atom. The number of nitrogens with zero attached hydrogens (tertiary/aromatic N) is 3. The quantitative estimate of drug-likeness (QED) is 0.726. The van der Waals surface area contributed by atoms with Gasteiger partial charge in [-0.05, 0) is 30.4 Å². The van der Waals surface area contributed by atoms with Gasteiger partial charge in [0.1, 0.15) is 5.82 Å². The zero-order valence-electron chi connectivity index (χ0n) is 16.0. The lowest BCUT2D eigenvalue weighted by atomic mass is 9.89. The maximum Gasteiger partial charge on any atom is 0.223 e. The van der Waals surface area contributed by atoms with Gasteiger partial charge in [0, 0.05) is 49.0 Å². The van der Waals surface area contributed by atoms with Crippen molar-refractivity contribution < 1.29 is 4.79 Å². The monoisotopic (exact) mass is 381 g/mol. The molecule has 142 valence electrons. The van der Waals surface area contributed by atoms with Crippen LogP contribution in [0.2, 0.25) is 0 Å². The molecule has 3 atom stereocenters. The van der Waals surface area contributed by atoms with E-state index in [1.165, 1.54) is 10.5 Å². The van der Waals surface area contributed by atoms with Crippen LogP contribution >= 0.6 is 11.8 Å². The molecule has 2 aromatic rings. The minimum absolute atomic E-state index is 0.186. The molecule has 1 aromatic heterocycles. The van der Waals surface area contributed by atoms with Crippen LogP contribution in [0.25, 0.3) is 0 Å². The van der Waals surface area contributed by atoms with Crippen molar-refractivity contribution in [2.24, 2.45) is 11.8 Å². The molecule has 2 aliphatic heterocycles. The summed E-state index contributed by atoms with van der Waals surface area (Å²) in [6, 6.07) is 15.0. The molecule has 0 radical (unpaired) electrons. The Hall–Kier alpha value is -2.01. The van der Waals surface area contributed by atoms with Crippen molar-refractivity contribution in [1.82, 2.24) is 9.88 Å². The Morgan fingerprint density at radius 1 is 1.15 bits per heavy atom.